The second kappa shape index (κ2) is 5.66. The highest BCUT2D eigenvalue weighted by molar-refractivity contribution is 5.98. The number of aryl methyl sites for hydroxylation is 1. The Morgan fingerprint density at radius 2 is 2.29 bits per heavy atom. The largest absolute Gasteiger partial charge is 0.351 e. The van der Waals surface area contributed by atoms with Gasteiger partial charge in [0.05, 0.1) is 4.92 Å². The molecule has 0 unspecified atom stereocenters. The molecule has 0 spiro atoms. The Kier molecular flexibility index (Phi) is 4.23. The first-order valence-electron chi connectivity index (χ1n) is 5.03. The predicted octanol–water partition coefficient (Wildman–Crippen LogP) is 1.66. The minimum atomic E-state index is -0.574. The Morgan fingerprint density at radius 3 is 2.88 bits per heavy atom. The molecule has 5 heteroatoms. The molecule has 0 aromatic heterocycles. The van der Waals surface area contributed by atoms with Crippen LogP contribution < -0.4 is 5.32 Å². The number of nitro benzene ring substituents is 1. The molecule has 0 radical (unpaired) electrons. The summed E-state index contributed by atoms with van der Waals surface area (Å²) in [7, 11) is 0. The van der Waals surface area contributed by atoms with E-state index in [0.717, 1.165) is 5.56 Å². The molecule has 0 atom stereocenters. The van der Waals surface area contributed by atoms with Crippen LogP contribution in [0.5, 0.6) is 0 Å². The lowest BCUT2D eigenvalue weighted by atomic mass is 10.1. The summed E-state index contributed by atoms with van der Waals surface area (Å²) in [5, 5.41) is 13.3. The quantitative estimate of drug-likeness (QED) is 0.371. The molecule has 1 rings (SSSR count). The van der Waals surface area contributed by atoms with Crippen LogP contribution in [0.2, 0.25) is 0 Å². The van der Waals surface area contributed by atoms with Crippen molar-refractivity contribution in [3.05, 3.63) is 39.4 Å². The number of hydrogen-bond donors (Lipinski definition) is 1. The first-order valence-corrected chi connectivity index (χ1v) is 5.03. The molecule has 88 valence electrons. The molecule has 1 amide bonds. The fraction of sp³-hybridized carbons (Fsp3) is 0.250. The fourth-order valence-corrected chi connectivity index (χ4v) is 1.33. The van der Waals surface area contributed by atoms with Gasteiger partial charge in [-0.15, -0.1) is 12.3 Å². The highest BCUT2D eigenvalue weighted by Crippen LogP contribution is 2.19. The lowest BCUT2D eigenvalue weighted by molar-refractivity contribution is -0.385. The Labute approximate surface area is 99.0 Å². The molecule has 1 aromatic carbocycles. The second-order valence-electron chi connectivity index (χ2n) is 3.49. The number of hydrogen-bond acceptors (Lipinski definition) is 3. The second-order valence-corrected chi connectivity index (χ2v) is 3.49. The van der Waals surface area contributed by atoms with Gasteiger partial charge < -0.3 is 5.32 Å². The van der Waals surface area contributed by atoms with E-state index in [9.17, 15) is 14.9 Å². The van der Waals surface area contributed by atoms with Crippen molar-refractivity contribution in [2.24, 2.45) is 0 Å². The fourth-order valence-electron chi connectivity index (χ4n) is 1.33. The average molecular weight is 232 g/mol. The van der Waals surface area contributed by atoms with Gasteiger partial charge in [0.25, 0.3) is 11.6 Å². The maximum Gasteiger partial charge on any atom is 0.282 e. The molecule has 0 saturated carbocycles. The third kappa shape index (κ3) is 3.31. The minimum absolute atomic E-state index is 0.0621. The lowest BCUT2D eigenvalue weighted by Crippen LogP contribution is -2.25. The number of terminal acetylenes is 1. The van der Waals surface area contributed by atoms with E-state index in [-0.39, 0.29) is 11.3 Å². The summed E-state index contributed by atoms with van der Waals surface area (Å²) in [6.45, 7) is 2.07. The summed E-state index contributed by atoms with van der Waals surface area (Å²) in [6, 6.07) is 4.41. The SMILES string of the molecule is C#CCCNC(=O)c1cc(C)ccc1[N+](=O)[O-]. The predicted molar refractivity (Wildman–Crippen MR) is 63.6 cm³/mol. The third-order valence-electron chi connectivity index (χ3n) is 2.15. The van der Waals surface area contributed by atoms with E-state index < -0.39 is 10.8 Å². The van der Waals surface area contributed by atoms with Crippen molar-refractivity contribution in [3.63, 3.8) is 0 Å². The van der Waals surface area contributed by atoms with Crippen molar-refractivity contribution >= 4 is 11.6 Å². The maximum atomic E-state index is 11.7. The van der Waals surface area contributed by atoms with Crippen LogP contribution >= 0.6 is 0 Å². The molecule has 0 bridgehead atoms. The van der Waals surface area contributed by atoms with Crippen molar-refractivity contribution < 1.29 is 9.72 Å². The zero-order valence-electron chi connectivity index (χ0n) is 9.40. The van der Waals surface area contributed by atoms with Crippen LogP contribution in [0.1, 0.15) is 22.3 Å². The van der Waals surface area contributed by atoms with Crippen LogP contribution in [0.4, 0.5) is 5.69 Å². The van der Waals surface area contributed by atoms with E-state index >= 15 is 0 Å². The standard InChI is InChI=1S/C12H12N2O3/c1-3-4-7-13-12(15)10-8-9(2)5-6-11(10)14(16)17/h1,5-6,8H,4,7H2,2H3,(H,13,15). The van der Waals surface area contributed by atoms with Crippen LogP contribution in [-0.2, 0) is 0 Å². The number of nitrogens with one attached hydrogen (secondary N) is 1. The zero-order chi connectivity index (χ0) is 12.8. The number of carbonyl (C=O) groups excluding carboxylic acids is 1. The van der Waals surface area contributed by atoms with Gasteiger partial charge in [-0.25, -0.2) is 0 Å². The molecule has 0 fully saturated rings. The molecule has 1 aromatic rings. The lowest BCUT2D eigenvalue weighted by Gasteiger charge is -2.05. The third-order valence-corrected chi connectivity index (χ3v) is 2.15. The smallest absolute Gasteiger partial charge is 0.282 e. The molecular weight excluding hydrogens is 220 g/mol. The van der Waals surface area contributed by atoms with Gasteiger partial charge >= 0.3 is 0 Å². The van der Waals surface area contributed by atoms with E-state index in [1.165, 1.54) is 12.1 Å². The van der Waals surface area contributed by atoms with Crippen molar-refractivity contribution in [1.82, 2.24) is 5.32 Å². The summed E-state index contributed by atoms with van der Waals surface area (Å²) in [6.07, 6.45) is 5.44. The number of nitro groups is 1. The van der Waals surface area contributed by atoms with Crippen molar-refractivity contribution in [2.75, 3.05) is 6.54 Å². The van der Waals surface area contributed by atoms with Gasteiger partial charge in [0.2, 0.25) is 0 Å². The Balaban J connectivity index is 2.95. The first-order chi connectivity index (χ1) is 8.06. The summed E-state index contributed by atoms with van der Waals surface area (Å²) in [5.74, 6) is 1.90. The molecular formula is C12H12N2O3. The van der Waals surface area contributed by atoms with Gasteiger partial charge in [-0.05, 0) is 18.6 Å². The van der Waals surface area contributed by atoms with Crippen LogP contribution in [0, 0.1) is 29.4 Å². The van der Waals surface area contributed by atoms with Crippen molar-refractivity contribution in [1.29, 1.82) is 0 Å². The molecule has 0 saturated heterocycles. The molecule has 0 aliphatic carbocycles. The monoisotopic (exact) mass is 232 g/mol. The highest BCUT2D eigenvalue weighted by Gasteiger charge is 2.19. The van der Waals surface area contributed by atoms with Gasteiger partial charge in [0, 0.05) is 19.0 Å². The van der Waals surface area contributed by atoms with Crippen LogP contribution in [0.25, 0.3) is 0 Å². The van der Waals surface area contributed by atoms with E-state index in [1.54, 1.807) is 13.0 Å². The normalized spacial score (nSPS) is 9.41. The Hall–Kier alpha value is -2.35. The summed E-state index contributed by atoms with van der Waals surface area (Å²) >= 11 is 0. The van der Waals surface area contributed by atoms with E-state index in [1.807, 2.05) is 0 Å². The van der Waals surface area contributed by atoms with Gasteiger partial charge in [-0.2, -0.15) is 0 Å². The Bertz CT molecular complexity index is 489. The van der Waals surface area contributed by atoms with Crippen molar-refractivity contribution in [3.8, 4) is 12.3 Å². The van der Waals surface area contributed by atoms with Gasteiger partial charge in [-0.1, -0.05) is 6.07 Å². The van der Waals surface area contributed by atoms with Crippen LogP contribution in [0.15, 0.2) is 18.2 Å². The molecule has 0 aliphatic heterocycles. The topological polar surface area (TPSA) is 72.2 Å². The van der Waals surface area contributed by atoms with Crippen LogP contribution in [0.3, 0.4) is 0 Å². The first kappa shape index (κ1) is 12.7. The molecule has 0 aliphatic rings. The zero-order valence-corrected chi connectivity index (χ0v) is 9.40. The van der Waals surface area contributed by atoms with Crippen LogP contribution in [-0.4, -0.2) is 17.4 Å². The van der Waals surface area contributed by atoms with E-state index in [4.69, 9.17) is 6.42 Å². The maximum absolute atomic E-state index is 11.7. The van der Waals surface area contributed by atoms with Gasteiger partial charge in [0.1, 0.15) is 5.56 Å². The number of rotatable bonds is 4. The van der Waals surface area contributed by atoms with Gasteiger partial charge in [0.15, 0.2) is 0 Å². The minimum Gasteiger partial charge on any atom is -0.351 e. The van der Waals surface area contributed by atoms with Crippen molar-refractivity contribution in [2.45, 2.75) is 13.3 Å². The molecule has 5 nitrogen and oxygen atoms in total. The summed E-state index contributed by atoms with van der Waals surface area (Å²) in [4.78, 5) is 21.9. The summed E-state index contributed by atoms with van der Waals surface area (Å²) < 4.78 is 0. The number of benzene rings is 1. The number of nitrogens with zero attached hydrogens (tertiary/aromatic N) is 1. The number of carbonyl (C=O) groups is 1. The highest BCUT2D eigenvalue weighted by atomic mass is 16.6. The molecule has 17 heavy (non-hydrogen) atoms. The Morgan fingerprint density at radius 1 is 1.59 bits per heavy atom. The van der Waals surface area contributed by atoms with E-state index in [2.05, 4.69) is 11.2 Å². The summed E-state index contributed by atoms with van der Waals surface area (Å²) in [5.41, 5.74) is 0.651. The molecule has 1 N–H and O–H groups in total. The van der Waals surface area contributed by atoms with Gasteiger partial charge in [-0.3, -0.25) is 14.9 Å². The number of amides is 1. The average Bonchev–Trinajstić information content (AvgIpc) is 2.28. The van der Waals surface area contributed by atoms with E-state index in [0.29, 0.717) is 13.0 Å². The molecule has 0 heterocycles.